The average molecular weight is 532 g/mol. The molecule has 0 fully saturated rings. The summed E-state index contributed by atoms with van der Waals surface area (Å²) in [6, 6.07) is 18.2. The maximum atomic E-state index is 14.3. The van der Waals surface area contributed by atoms with E-state index >= 15 is 0 Å². The van der Waals surface area contributed by atoms with Crippen LogP contribution in [0.2, 0.25) is 0 Å². The van der Waals surface area contributed by atoms with E-state index in [-0.39, 0.29) is 16.8 Å². The number of aromatic amines is 1. The van der Waals surface area contributed by atoms with Gasteiger partial charge in [0.25, 0.3) is 0 Å². The lowest BCUT2D eigenvalue weighted by atomic mass is 9.99. The molecule has 40 heavy (non-hydrogen) atoms. The molecule has 4 aromatic heterocycles. The zero-order valence-corrected chi connectivity index (χ0v) is 21.5. The maximum Gasteiger partial charge on any atom is 0.200 e. The van der Waals surface area contributed by atoms with E-state index in [4.69, 9.17) is 15.2 Å². The van der Waals surface area contributed by atoms with Crippen molar-refractivity contribution in [3.05, 3.63) is 101 Å². The van der Waals surface area contributed by atoms with Crippen molar-refractivity contribution in [2.45, 2.75) is 19.9 Å². The molecule has 7 aromatic rings. The van der Waals surface area contributed by atoms with Crippen LogP contribution in [0.15, 0.2) is 82.3 Å². The summed E-state index contributed by atoms with van der Waals surface area (Å²) in [7, 11) is 0. The fourth-order valence-electron chi connectivity index (χ4n) is 5.25. The third kappa shape index (κ3) is 3.57. The van der Waals surface area contributed by atoms with Gasteiger partial charge in [-0.2, -0.15) is 10.2 Å². The predicted molar refractivity (Wildman–Crippen MR) is 151 cm³/mol. The van der Waals surface area contributed by atoms with Crippen molar-refractivity contribution in [3.63, 3.8) is 0 Å². The molecule has 196 valence electrons. The third-order valence-corrected chi connectivity index (χ3v) is 7.23. The van der Waals surface area contributed by atoms with Crippen LogP contribution in [0.3, 0.4) is 0 Å². The Hall–Kier alpha value is -5.38. The number of nitrogens with one attached hydrogen (secondary N) is 1. The molecule has 0 saturated heterocycles. The minimum atomic E-state index is -0.626. The standard InChI is InChI=1S/C30H22FN7O2/c1-15-20-11-10-18(13-22(20)36-35-15)26-25-29(32)33-14-34-30(25)38(37-26)16(2)28-24(17-6-5-7-19(31)12-17)27(39)21-8-3-4-9-23(21)40-28/h3-14,16H,1-2H3,(H,35,36)(H2,32,33,34). The van der Waals surface area contributed by atoms with Gasteiger partial charge in [-0.25, -0.2) is 19.0 Å². The lowest BCUT2D eigenvalue weighted by Crippen LogP contribution is -2.16. The number of aromatic nitrogens is 6. The highest BCUT2D eigenvalue weighted by Gasteiger charge is 2.27. The second-order valence-electron chi connectivity index (χ2n) is 9.67. The second-order valence-corrected chi connectivity index (χ2v) is 9.67. The van der Waals surface area contributed by atoms with Crippen LogP contribution in [0.25, 0.3) is 55.3 Å². The van der Waals surface area contributed by atoms with Gasteiger partial charge in [0.15, 0.2) is 5.65 Å². The van der Waals surface area contributed by atoms with Crippen molar-refractivity contribution in [1.29, 1.82) is 0 Å². The van der Waals surface area contributed by atoms with Gasteiger partial charge in [0.2, 0.25) is 5.43 Å². The largest absolute Gasteiger partial charge is 0.458 e. The molecule has 3 aromatic carbocycles. The summed E-state index contributed by atoms with van der Waals surface area (Å²) in [5.41, 5.74) is 10.8. The second kappa shape index (κ2) is 8.84. The molecule has 1 atom stereocenters. The van der Waals surface area contributed by atoms with Gasteiger partial charge >= 0.3 is 0 Å². The summed E-state index contributed by atoms with van der Waals surface area (Å²) in [4.78, 5) is 22.5. The number of nitrogens with two attached hydrogens (primary N) is 1. The zero-order valence-electron chi connectivity index (χ0n) is 21.5. The number of para-hydroxylation sites is 1. The van der Waals surface area contributed by atoms with E-state index in [0.29, 0.717) is 39.0 Å². The van der Waals surface area contributed by atoms with E-state index in [1.807, 2.05) is 32.0 Å². The molecule has 4 heterocycles. The van der Waals surface area contributed by atoms with Crippen LogP contribution >= 0.6 is 0 Å². The van der Waals surface area contributed by atoms with Crippen LogP contribution in [-0.4, -0.2) is 29.9 Å². The van der Waals surface area contributed by atoms with Crippen molar-refractivity contribution >= 4 is 38.7 Å². The molecule has 7 rings (SSSR count). The molecule has 0 amide bonds. The molecule has 0 aliphatic carbocycles. The van der Waals surface area contributed by atoms with Crippen molar-refractivity contribution in [1.82, 2.24) is 29.9 Å². The number of nitrogens with zero attached hydrogens (tertiary/aromatic N) is 5. The van der Waals surface area contributed by atoms with Crippen LogP contribution < -0.4 is 11.2 Å². The number of anilines is 1. The molecule has 10 heteroatoms. The minimum absolute atomic E-state index is 0.257. The molecule has 0 saturated carbocycles. The summed E-state index contributed by atoms with van der Waals surface area (Å²) in [6.07, 6.45) is 1.37. The minimum Gasteiger partial charge on any atom is -0.458 e. The quantitative estimate of drug-likeness (QED) is 0.294. The van der Waals surface area contributed by atoms with Crippen molar-refractivity contribution in [3.8, 4) is 22.4 Å². The summed E-state index contributed by atoms with van der Waals surface area (Å²) in [5.74, 6) is 0.132. The number of H-pyrrole nitrogens is 1. The van der Waals surface area contributed by atoms with Crippen molar-refractivity contribution in [2.24, 2.45) is 0 Å². The fourth-order valence-corrected chi connectivity index (χ4v) is 5.25. The Balaban J connectivity index is 1.49. The van der Waals surface area contributed by atoms with Gasteiger partial charge < -0.3 is 10.2 Å². The lowest BCUT2D eigenvalue weighted by molar-refractivity contribution is 0.446. The van der Waals surface area contributed by atoms with Crippen molar-refractivity contribution in [2.75, 3.05) is 5.73 Å². The van der Waals surface area contributed by atoms with Gasteiger partial charge in [0.05, 0.1) is 27.5 Å². The van der Waals surface area contributed by atoms with Gasteiger partial charge in [-0.15, -0.1) is 0 Å². The van der Waals surface area contributed by atoms with E-state index in [2.05, 4.69) is 20.2 Å². The van der Waals surface area contributed by atoms with E-state index in [1.165, 1.54) is 18.5 Å². The first-order valence-electron chi connectivity index (χ1n) is 12.7. The molecule has 0 radical (unpaired) electrons. The highest BCUT2D eigenvalue weighted by atomic mass is 19.1. The van der Waals surface area contributed by atoms with Crippen LogP contribution in [0.4, 0.5) is 10.2 Å². The number of hydrogen-bond donors (Lipinski definition) is 2. The molecule has 0 bridgehead atoms. The predicted octanol–water partition coefficient (Wildman–Crippen LogP) is 5.78. The van der Waals surface area contributed by atoms with E-state index < -0.39 is 11.9 Å². The van der Waals surface area contributed by atoms with Gasteiger partial charge in [-0.3, -0.25) is 9.89 Å². The number of nitrogen functional groups attached to an aromatic ring is 1. The maximum absolute atomic E-state index is 14.3. The Morgan fingerprint density at radius 3 is 2.70 bits per heavy atom. The van der Waals surface area contributed by atoms with Gasteiger partial charge in [-0.05, 0) is 49.7 Å². The molecule has 0 aliphatic rings. The van der Waals surface area contributed by atoms with Crippen LogP contribution in [0.5, 0.6) is 0 Å². The topological polar surface area (TPSA) is 129 Å². The monoisotopic (exact) mass is 531 g/mol. The Morgan fingerprint density at radius 2 is 1.85 bits per heavy atom. The Morgan fingerprint density at radius 1 is 1.00 bits per heavy atom. The van der Waals surface area contributed by atoms with E-state index in [9.17, 15) is 9.18 Å². The van der Waals surface area contributed by atoms with Gasteiger partial charge in [0, 0.05) is 10.9 Å². The number of benzene rings is 3. The third-order valence-electron chi connectivity index (χ3n) is 7.23. The molecular formula is C30H22FN7O2. The number of aryl methyl sites for hydroxylation is 1. The molecule has 3 N–H and O–H groups in total. The summed E-state index contributed by atoms with van der Waals surface area (Å²) in [6.45, 7) is 3.79. The number of halogens is 1. The summed E-state index contributed by atoms with van der Waals surface area (Å²) in [5, 5.41) is 14.2. The first kappa shape index (κ1) is 23.7. The van der Waals surface area contributed by atoms with Crippen LogP contribution in [0.1, 0.15) is 24.4 Å². The Labute approximate surface area is 226 Å². The first-order valence-corrected chi connectivity index (χ1v) is 12.7. The molecule has 0 aliphatic heterocycles. The summed E-state index contributed by atoms with van der Waals surface area (Å²) >= 11 is 0. The summed E-state index contributed by atoms with van der Waals surface area (Å²) < 4.78 is 22.4. The molecule has 1 unspecified atom stereocenters. The number of fused-ring (bicyclic) bond motifs is 3. The van der Waals surface area contributed by atoms with Gasteiger partial charge in [-0.1, -0.05) is 36.4 Å². The average Bonchev–Trinajstić information content (AvgIpc) is 3.54. The molecular weight excluding hydrogens is 509 g/mol. The van der Waals surface area contributed by atoms with Crippen molar-refractivity contribution < 1.29 is 8.81 Å². The van der Waals surface area contributed by atoms with Gasteiger partial charge in [0.1, 0.15) is 41.0 Å². The SMILES string of the molecule is Cc1n[nH]c2cc(-c3nn(C(C)c4oc5ccccc5c(=O)c4-c4cccc(F)c4)c4ncnc(N)c34)ccc12. The zero-order chi connectivity index (χ0) is 27.5. The Bertz CT molecular complexity index is 2160. The Kier molecular flexibility index (Phi) is 5.24. The van der Waals surface area contributed by atoms with Crippen LogP contribution in [-0.2, 0) is 0 Å². The first-order chi connectivity index (χ1) is 19.4. The normalized spacial score (nSPS) is 12.5. The highest BCUT2D eigenvalue weighted by molar-refractivity contribution is 6.00. The number of hydrogen-bond acceptors (Lipinski definition) is 7. The fraction of sp³-hybridized carbons (Fsp3) is 0.100. The number of rotatable bonds is 4. The highest BCUT2D eigenvalue weighted by Crippen LogP contribution is 2.37. The molecule has 0 spiro atoms. The van der Waals surface area contributed by atoms with Crippen LogP contribution in [0, 0.1) is 12.7 Å². The van der Waals surface area contributed by atoms with E-state index in [1.54, 1.807) is 41.1 Å². The smallest absolute Gasteiger partial charge is 0.200 e. The molecule has 9 nitrogen and oxygen atoms in total. The lowest BCUT2D eigenvalue weighted by Gasteiger charge is -2.17. The van der Waals surface area contributed by atoms with E-state index in [0.717, 1.165) is 22.2 Å².